The second-order valence-corrected chi connectivity index (χ2v) is 8.15. The lowest BCUT2D eigenvalue weighted by Crippen LogP contribution is -2.50. The third-order valence-electron chi connectivity index (χ3n) is 6.46. The molecule has 3 saturated carbocycles. The number of carbonyl (C=O) groups excluding carboxylic acids is 2. The van der Waals surface area contributed by atoms with Gasteiger partial charge < -0.3 is 9.47 Å². The molecule has 4 nitrogen and oxygen atoms in total. The summed E-state index contributed by atoms with van der Waals surface area (Å²) < 4.78 is 11.4. The number of halogens is 2. The van der Waals surface area contributed by atoms with Crippen molar-refractivity contribution >= 4 is 34.8 Å². The van der Waals surface area contributed by atoms with Crippen LogP contribution in [0.5, 0.6) is 0 Å². The van der Waals surface area contributed by atoms with Crippen molar-refractivity contribution in [3.63, 3.8) is 0 Å². The number of Topliss-reactive ketones (excluding diaryl/α,β-unsaturated/α-hetero) is 2. The van der Waals surface area contributed by atoms with Gasteiger partial charge in [0, 0.05) is 27.4 Å². The van der Waals surface area contributed by atoms with Gasteiger partial charge in [-0.15, -0.1) is 0 Å². The molecule has 6 rings (SSSR count). The van der Waals surface area contributed by atoms with Gasteiger partial charge >= 0.3 is 0 Å². The average Bonchev–Trinajstić information content (AvgIpc) is 3.42. The highest BCUT2D eigenvalue weighted by Crippen LogP contribution is 2.68. The van der Waals surface area contributed by atoms with E-state index >= 15 is 0 Å². The van der Waals surface area contributed by atoms with E-state index in [1.165, 1.54) is 0 Å². The van der Waals surface area contributed by atoms with Crippen molar-refractivity contribution in [2.75, 3.05) is 0 Å². The average molecular weight is 351 g/mol. The molecule has 0 unspecified atom stereocenters. The van der Waals surface area contributed by atoms with Gasteiger partial charge in [0.15, 0.2) is 23.3 Å². The van der Waals surface area contributed by atoms with Crippen molar-refractivity contribution in [2.45, 2.75) is 30.3 Å². The molecule has 1 aromatic rings. The Morgan fingerprint density at radius 3 is 2.61 bits per heavy atom. The van der Waals surface area contributed by atoms with E-state index in [9.17, 15) is 9.59 Å². The Morgan fingerprint density at radius 2 is 1.83 bits per heavy atom. The summed E-state index contributed by atoms with van der Waals surface area (Å²) in [7, 11) is 0. The summed E-state index contributed by atoms with van der Waals surface area (Å²) in [4.78, 5) is 26.2. The van der Waals surface area contributed by atoms with E-state index in [1.54, 1.807) is 18.2 Å². The Balaban J connectivity index is 1.50. The van der Waals surface area contributed by atoms with E-state index < -0.39 is 11.7 Å². The molecule has 0 spiro atoms. The maximum atomic E-state index is 13.3. The zero-order valence-electron chi connectivity index (χ0n) is 11.9. The molecule has 0 radical (unpaired) electrons. The van der Waals surface area contributed by atoms with Crippen molar-refractivity contribution in [3.8, 4) is 0 Å². The molecule has 2 saturated heterocycles. The maximum Gasteiger partial charge on any atom is 0.187 e. The highest BCUT2D eigenvalue weighted by atomic mass is 35.5. The van der Waals surface area contributed by atoms with E-state index in [4.69, 9.17) is 32.7 Å². The Hall–Kier alpha value is -0.940. The highest BCUT2D eigenvalue weighted by molar-refractivity contribution is 6.34. The fourth-order valence-electron chi connectivity index (χ4n) is 5.53. The quantitative estimate of drug-likeness (QED) is 0.729. The Bertz CT molecular complexity index is 808. The number of hydrogen-bond acceptors (Lipinski definition) is 4. The molecular weight excluding hydrogens is 339 g/mol. The van der Waals surface area contributed by atoms with Crippen molar-refractivity contribution in [2.24, 2.45) is 23.7 Å². The van der Waals surface area contributed by atoms with Crippen LogP contribution in [-0.2, 0) is 24.7 Å². The molecule has 3 aliphatic carbocycles. The SMILES string of the molecule is O=C1[C@@H]2[C@@H]3C[C@H]([C@H]4O[C@H]34)[C@@H]2C(=O)[C@@]2(c3cc(Cl)ccc3Cl)O[C@@H]12. The number of ether oxygens (including phenoxy) is 2. The predicted molar refractivity (Wildman–Crippen MR) is 80.3 cm³/mol. The van der Waals surface area contributed by atoms with Gasteiger partial charge in [-0.05, 0) is 36.5 Å². The first-order valence-corrected chi connectivity index (χ1v) is 8.66. The molecule has 0 amide bonds. The van der Waals surface area contributed by atoms with Crippen LogP contribution >= 0.6 is 23.2 Å². The van der Waals surface area contributed by atoms with Crippen LogP contribution in [0.25, 0.3) is 0 Å². The Kier molecular flexibility index (Phi) is 2.22. The van der Waals surface area contributed by atoms with Crippen LogP contribution in [0.3, 0.4) is 0 Å². The van der Waals surface area contributed by atoms with Gasteiger partial charge in [0.2, 0.25) is 0 Å². The number of fused-ring (bicyclic) bond motifs is 9. The second-order valence-electron chi connectivity index (χ2n) is 7.30. The van der Waals surface area contributed by atoms with Crippen LogP contribution in [-0.4, -0.2) is 29.9 Å². The smallest absolute Gasteiger partial charge is 0.187 e. The number of hydrogen-bond donors (Lipinski definition) is 0. The predicted octanol–water partition coefficient (Wildman–Crippen LogP) is 2.39. The number of rotatable bonds is 1. The van der Waals surface area contributed by atoms with E-state index in [-0.39, 0.29) is 47.4 Å². The molecule has 8 atom stereocenters. The zero-order chi connectivity index (χ0) is 15.7. The first-order chi connectivity index (χ1) is 11.0. The van der Waals surface area contributed by atoms with Gasteiger partial charge in [0.1, 0.15) is 0 Å². The third-order valence-corrected chi connectivity index (χ3v) is 7.02. The minimum Gasteiger partial charge on any atom is -0.369 e. The van der Waals surface area contributed by atoms with Crippen molar-refractivity contribution in [1.82, 2.24) is 0 Å². The molecule has 118 valence electrons. The molecule has 2 heterocycles. The summed E-state index contributed by atoms with van der Waals surface area (Å²) in [6, 6.07) is 4.97. The van der Waals surface area contributed by atoms with Crippen molar-refractivity contribution < 1.29 is 19.1 Å². The lowest BCUT2D eigenvalue weighted by Gasteiger charge is -2.32. The van der Waals surface area contributed by atoms with E-state index in [0.717, 1.165) is 6.42 Å². The largest absolute Gasteiger partial charge is 0.369 e. The van der Waals surface area contributed by atoms with Crippen LogP contribution < -0.4 is 0 Å². The first-order valence-electron chi connectivity index (χ1n) is 7.91. The van der Waals surface area contributed by atoms with E-state index in [1.807, 2.05) is 0 Å². The number of ketones is 2. The summed E-state index contributed by atoms with van der Waals surface area (Å²) in [5.74, 6) is -0.111. The summed E-state index contributed by atoms with van der Waals surface area (Å²) in [5, 5.41) is 0.897. The van der Waals surface area contributed by atoms with Gasteiger partial charge in [-0.1, -0.05) is 23.2 Å². The van der Waals surface area contributed by atoms with Gasteiger partial charge in [-0.25, -0.2) is 0 Å². The van der Waals surface area contributed by atoms with Crippen molar-refractivity contribution in [1.29, 1.82) is 0 Å². The summed E-state index contributed by atoms with van der Waals surface area (Å²) >= 11 is 12.4. The van der Waals surface area contributed by atoms with Crippen LogP contribution in [0.15, 0.2) is 18.2 Å². The molecule has 23 heavy (non-hydrogen) atoms. The molecule has 6 heteroatoms. The lowest BCUT2D eigenvalue weighted by atomic mass is 9.64. The lowest BCUT2D eigenvalue weighted by molar-refractivity contribution is -0.140. The molecule has 5 aliphatic rings. The van der Waals surface area contributed by atoms with Crippen molar-refractivity contribution in [3.05, 3.63) is 33.8 Å². The van der Waals surface area contributed by atoms with Gasteiger partial charge in [-0.2, -0.15) is 0 Å². The summed E-state index contributed by atoms with van der Waals surface area (Å²) in [6.07, 6.45) is 0.580. The molecule has 2 aliphatic heterocycles. The van der Waals surface area contributed by atoms with E-state index in [0.29, 0.717) is 15.6 Å². The van der Waals surface area contributed by atoms with Crippen LogP contribution in [0, 0.1) is 23.7 Å². The minimum atomic E-state index is -1.21. The maximum absolute atomic E-state index is 13.3. The monoisotopic (exact) mass is 350 g/mol. The minimum absolute atomic E-state index is 0.00211. The summed E-state index contributed by atoms with van der Waals surface area (Å²) in [5.41, 5.74) is -0.681. The van der Waals surface area contributed by atoms with Crippen LogP contribution in [0.2, 0.25) is 10.0 Å². The van der Waals surface area contributed by atoms with E-state index in [2.05, 4.69) is 0 Å². The Labute approximate surface area is 142 Å². The molecular formula is C17H12Cl2O4. The number of epoxide rings is 2. The molecule has 1 aromatic carbocycles. The normalized spacial score (nSPS) is 51.3. The number of benzene rings is 1. The standard InChI is InChI=1S/C17H12Cl2O4/c18-5-1-2-9(19)8(3-5)17-15(21)11-7-4-6(13-14(7)22-13)10(11)12(20)16(17)23-17/h1-3,6-7,10-11,13-14,16H,4H2/t6-,7-,10+,11-,13+,14+,16-,17+/m0/s1. The van der Waals surface area contributed by atoms with Crippen LogP contribution in [0.1, 0.15) is 12.0 Å². The van der Waals surface area contributed by atoms with Gasteiger partial charge in [0.05, 0.1) is 12.2 Å². The fraction of sp³-hybridized carbons (Fsp3) is 0.529. The van der Waals surface area contributed by atoms with Gasteiger partial charge in [-0.3, -0.25) is 9.59 Å². The summed E-state index contributed by atoms with van der Waals surface area (Å²) in [6.45, 7) is 0. The van der Waals surface area contributed by atoms with Crippen LogP contribution in [0.4, 0.5) is 0 Å². The molecule has 2 bridgehead atoms. The topological polar surface area (TPSA) is 59.2 Å². The fourth-order valence-corrected chi connectivity index (χ4v) is 5.96. The highest BCUT2D eigenvalue weighted by Gasteiger charge is 2.81. The second kappa shape index (κ2) is 3.83. The molecule has 0 N–H and O–H groups in total. The first kappa shape index (κ1) is 13.4. The molecule has 5 fully saturated rings. The number of carbonyl (C=O) groups is 2. The van der Waals surface area contributed by atoms with Gasteiger partial charge in [0.25, 0.3) is 0 Å². The zero-order valence-corrected chi connectivity index (χ0v) is 13.4. The third kappa shape index (κ3) is 1.36. The Morgan fingerprint density at radius 1 is 1.09 bits per heavy atom. The molecule has 0 aromatic heterocycles.